The minimum Gasteiger partial charge on any atom is -0.462 e. The lowest BCUT2D eigenvalue weighted by Gasteiger charge is -2.23. The van der Waals surface area contributed by atoms with Crippen LogP contribution in [0.4, 0.5) is 0 Å². The standard InChI is InChI=1S/C7H8O4/c8-5-1-2-10-7-4(5)3-6(9)11-7/h1-2,4-5,7-8H,3H2/t4-,5+,7-/m0/s1. The second-order valence-corrected chi connectivity index (χ2v) is 2.68. The number of fused-ring (bicyclic) bond motifs is 1. The Morgan fingerprint density at radius 1 is 1.64 bits per heavy atom. The van der Waals surface area contributed by atoms with Crippen molar-refractivity contribution in [2.45, 2.75) is 18.8 Å². The Labute approximate surface area is 63.4 Å². The van der Waals surface area contributed by atoms with Crippen LogP contribution in [0, 0.1) is 5.92 Å². The number of hydrogen-bond donors (Lipinski definition) is 1. The zero-order valence-corrected chi connectivity index (χ0v) is 5.77. The molecule has 2 rings (SSSR count). The summed E-state index contributed by atoms with van der Waals surface area (Å²) in [6.07, 6.45) is 1.95. The van der Waals surface area contributed by atoms with Gasteiger partial charge in [0, 0.05) is 0 Å². The molecule has 0 aliphatic carbocycles. The number of aliphatic hydroxyl groups excluding tert-OH is 1. The summed E-state index contributed by atoms with van der Waals surface area (Å²) < 4.78 is 9.72. The molecule has 1 fully saturated rings. The van der Waals surface area contributed by atoms with E-state index in [1.54, 1.807) is 0 Å². The van der Waals surface area contributed by atoms with Gasteiger partial charge in [-0.1, -0.05) is 0 Å². The highest BCUT2D eigenvalue weighted by Crippen LogP contribution is 2.29. The summed E-state index contributed by atoms with van der Waals surface area (Å²) in [5.74, 6) is -0.518. The predicted molar refractivity (Wildman–Crippen MR) is 34.2 cm³/mol. The first-order valence-corrected chi connectivity index (χ1v) is 3.47. The van der Waals surface area contributed by atoms with E-state index in [0.717, 1.165) is 0 Å². The smallest absolute Gasteiger partial charge is 0.309 e. The highest BCUT2D eigenvalue weighted by molar-refractivity contribution is 5.72. The molecule has 60 valence electrons. The SMILES string of the molecule is O=C1C[C@@H]2[C@@H](OC=C[C@H]2O)O1. The van der Waals surface area contributed by atoms with Crippen molar-refractivity contribution < 1.29 is 19.4 Å². The summed E-state index contributed by atoms with van der Waals surface area (Å²) in [5.41, 5.74) is 0. The van der Waals surface area contributed by atoms with Crippen molar-refractivity contribution in [3.8, 4) is 0 Å². The molecular formula is C7H8O4. The average Bonchev–Trinajstić information content (AvgIpc) is 2.31. The quantitative estimate of drug-likeness (QED) is 0.492. The fourth-order valence-electron chi connectivity index (χ4n) is 1.31. The normalized spacial score (nSPS) is 41.2. The second kappa shape index (κ2) is 2.23. The first-order valence-electron chi connectivity index (χ1n) is 3.47. The molecule has 4 nitrogen and oxygen atoms in total. The minimum absolute atomic E-state index is 0.215. The van der Waals surface area contributed by atoms with Gasteiger partial charge in [-0.05, 0) is 6.08 Å². The number of esters is 1. The van der Waals surface area contributed by atoms with Gasteiger partial charge in [0.05, 0.1) is 24.7 Å². The number of aliphatic hydroxyl groups is 1. The van der Waals surface area contributed by atoms with Crippen LogP contribution >= 0.6 is 0 Å². The third kappa shape index (κ3) is 0.991. The summed E-state index contributed by atoms with van der Waals surface area (Å²) in [6.45, 7) is 0. The van der Waals surface area contributed by atoms with Crippen molar-refractivity contribution in [2.24, 2.45) is 5.92 Å². The molecule has 1 saturated heterocycles. The highest BCUT2D eigenvalue weighted by Gasteiger charge is 2.41. The van der Waals surface area contributed by atoms with Gasteiger partial charge in [-0.3, -0.25) is 4.79 Å². The lowest BCUT2D eigenvalue weighted by molar-refractivity contribution is -0.161. The fourth-order valence-corrected chi connectivity index (χ4v) is 1.31. The molecule has 0 aromatic heterocycles. The maximum Gasteiger partial charge on any atom is 0.309 e. The summed E-state index contributed by atoms with van der Waals surface area (Å²) in [7, 11) is 0. The van der Waals surface area contributed by atoms with Crippen LogP contribution < -0.4 is 0 Å². The van der Waals surface area contributed by atoms with Gasteiger partial charge in [0.25, 0.3) is 0 Å². The molecule has 0 radical (unpaired) electrons. The van der Waals surface area contributed by atoms with E-state index in [-0.39, 0.29) is 18.3 Å². The van der Waals surface area contributed by atoms with E-state index in [1.165, 1.54) is 12.3 Å². The van der Waals surface area contributed by atoms with E-state index < -0.39 is 12.4 Å². The van der Waals surface area contributed by atoms with Gasteiger partial charge in [0.2, 0.25) is 6.29 Å². The van der Waals surface area contributed by atoms with E-state index in [1.807, 2.05) is 0 Å². The number of carbonyl (C=O) groups is 1. The Morgan fingerprint density at radius 2 is 2.45 bits per heavy atom. The van der Waals surface area contributed by atoms with Gasteiger partial charge in [-0.25, -0.2) is 0 Å². The number of carbonyl (C=O) groups excluding carboxylic acids is 1. The lowest BCUT2D eigenvalue weighted by atomic mass is 9.99. The van der Waals surface area contributed by atoms with Crippen LogP contribution in [0.25, 0.3) is 0 Å². The van der Waals surface area contributed by atoms with E-state index in [9.17, 15) is 9.90 Å². The van der Waals surface area contributed by atoms with Crippen molar-refractivity contribution in [1.29, 1.82) is 0 Å². The average molecular weight is 156 g/mol. The molecule has 4 heteroatoms. The molecule has 0 aromatic carbocycles. The predicted octanol–water partition coefficient (Wildman–Crippen LogP) is -0.220. The van der Waals surface area contributed by atoms with Crippen LogP contribution in [0.1, 0.15) is 6.42 Å². The van der Waals surface area contributed by atoms with E-state index in [4.69, 9.17) is 9.47 Å². The van der Waals surface area contributed by atoms with Crippen molar-refractivity contribution >= 4 is 5.97 Å². The maximum atomic E-state index is 10.7. The molecule has 0 amide bonds. The molecule has 2 aliphatic heterocycles. The maximum absolute atomic E-state index is 10.7. The molecule has 0 saturated carbocycles. The Hall–Kier alpha value is -1.03. The van der Waals surface area contributed by atoms with Crippen LogP contribution in [-0.4, -0.2) is 23.5 Å². The summed E-state index contributed by atoms with van der Waals surface area (Å²) in [6, 6.07) is 0. The Morgan fingerprint density at radius 3 is 3.18 bits per heavy atom. The highest BCUT2D eigenvalue weighted by atomic mass is 16.7. The van der Waals surface area contributed by atoms with Crippen molar-refractivity contribution in [3.05, 3.63) is 12.3 Å². The molecule has 2 heterocycles. The Balaban J connectivity index is 2.17. The second-order valence-electron chi connectivity index (χ2n) is 2.68. The van der Waals surface area contributed by atoms with E-state index in [0.29, 0.717) is 0 Å². The molecule has 1 N–H and O–H groups in total. The molecule has 0 aromatic rings. The van der Waals surface area contributed by atoms with Crippen molar-refractivity contribution in [2.75, 3.05) is 0 Å². The van der Waals surface area contributed by atoms with Crippen LogP contribution in [0.3, 0.4) is 0 Å². The van der Waals surface area contributed by atoms with Crippen molar-refractivity contribution in [3.63, 3.8) is 0 Å². The molecule has 11 heavy (non-hydrogen) atoms. The zero-order chi connectivity index (χ0) is 7.84. The summed E-state index contributed by atoms with van der Waals surface area (Å²) >= 11 is 0. The third-order valence-corrected chi connectivity index (χ3v) is 1.93. The van der Waals surface area contributed by atoms with Crippen LogP contribution in [-0.2, 0) is 14.3 Å². The molecule has 3 atom stereocenters. The van der Waals surface area contributed by atoms with Gasteiger partial charge < -0.3 is 14.6 Å². The number of ether oxygens (including phenoxy) is 2. The fraction of sp³-hybridized carbons (Fsp3) is 0.571. The monoisotopic (exact) mass is 156 g/mol. The molecular weight excluding hydrogens is 148 g/mol. The van der Waals surface area contributed by atoms with E-state index in [2.05, 4.69) is 0 Å². The number of rotatable bonds is 0. The first-order chi connectivity index (χ1) is 5.27. The third-order valence-electron chi connectivity index (χ3n) is 1.93. The largest absolute Gasteiger partial charge is 0.462 e. The Bertz CT molecular complexity index is 210. The van der Waals surface area contributed by atoms with Gasteiger partial charge in [-0.15, -0.1) is 0 Å². The van der Waals surface area contributed by atoms with Gasteiger partial charge in [0.1, 0.15) is 0 Å². The number of hydrogen-bond acceptors (Lipinski definition) is 4. The molecule has 0 bridgehead atoms. The minimum atomic E-state index is -0.611. The molecule has 2 aliphatic rings. The zero-order valence-electron chi connectivity index (χ0n) is 5.77. The van der Waals surface area contributed by atoms with Gasteiger partial charge in [-0.2, -0.15) is 0 Å². The van der Waals surface area contributed by atoms with Crippen molar-refractivity contribution in [1.82, 2.24) is 0 Å². The Kier molecular flexibility index (Phi) is 1.35. The lowest BCUT2D eigenvalue weighted by Crippen LogP contribution is -2.31. The summed E-state index contributed by atoms with van der Waals surface area (Å²) in [5, 5.41) is 9.30. The molecule has 0 spiro atoms. The summed E-state index contributed by atoms with van der Waals surface area (Å²) in [4.78, 5) is 10.7. The van der Waals surface area contributed by atoms with Crippen LogP contribution in [0.2, 0.25) is 0 Å². The molecule has 0 unspecified atom stereocenters. The first kappa shape index (κ1) is 6.67. The van der Waals surface area contributed by atoms with E-state index >= 15 is 0 Å². The van der Waals surface area contributed by atoms with Crippen LogP contribution in [0.15, 0.2) is 12.3 Å². The van der Waals surface area contributed by atoms with Crippen LogP contribution in [0.5, 0.6) is 0 Å². The van der Waals surface area contributed by atoms with Gasteiger partial charge in [0.15, 0.2) is 0 Å². The topological polar surface area (TPSA) is 55.8 Å². The van der Waals surface area contributed by atoms with Gasteiger partial charge >= 0.3 is 5.97 Å².